The first-order chi connectivity index (χ1) is 9.58. The predicted octanol–water partition coefficient (Wildman–Crippen LogP) is 2.64. The van der Waals surface area contributed by atoms with Gasteiger partial charge in [-0.1, -0.05) is 17.7 Å². The lowest BCUT2D eigenvalue weighted by Crippen LogP contribution is -2.08. The molecule has 0 spiro atoms. The SMILES string of the molecule is Nc1cc(Cl)c(OCCc2ccccn2)c(C(=O)O)c1. The number of benzene rings is 1. The Morgan fingerprint density at radius 3 is 2.85 bits per heavy atom. The lowest BCUT2D eigenvalue weighted by Gasteiger charge is -2.11. The number of nitrogen functional groups attached to an aromatic ring is 1. The smallest absolute Gasteiger partial charge is 0.339 e. The van der Waals surface area contributed by atoms with E-state index in [-0.39, 0.29) is 28.6 Å². The molecular formula is C14H13ClN2O3. The Morgan fingerprint density at radius 2 is 2.20 bits per heavy atom. The van der Waals surface area contributed by atoms with Crippen molar-refractivity contribution >= 4 is 23.3 Å². The van der Waals surface area contributed by atoms with E-state index in [1.165, 1.54) is 12.1 Å². The number of halogens is 1. The molecule has 1 aromatic heterocycles. The standard InChI is InChI=1S/C14H13ClN2O3/c15-12-8-9(16)7-11(14(18)19)13(12)20-6-4-10-3-1-2-5-17-10/h1-3,5,7-8H,4,6,16H2,(H,18,19). The number of hydrogen-bond acceptors (Lipinski definition) is 4. The number of nitrogens with zero attached hydrogens (tertiary/aromatic N) is 1. The van der Waals surface area contributed by atoms with Crippen molar-refractivity contribution in [2.45, 2.75) is 6.42 Å². The molecule has 2 aromatic rings. The summed E-state index contributed by atoms with van der Waals surface area (Å²) in [6, 6.07) is 8.35. The predicted molar refractivity (Wildman–Crippen MR) is 76.3 cm³/mol. The Labute approximate surface area is 121 Å². The molecule has 0 fully saturated rings. The van der Waals surface area contributed by atoms with Gasteiger partial charge >= 0.3 is 5.97 Å². The van der Waals surface area contributed by atoms with E-state index < -0.39 is 5.97 Å². The third kappa shape index (κ3) is 3.39. The van der Waals surface area contributed by atoms with Gasteiger partial charge in [0.2, 0.25) is 0 Å². The Morgan fingerprint density at radius 1 is 1.40 bits per heavy atom. The van der Waals surface area contributed by atoms with Crippen molar-refractivity contribution in [1.82, 2.24) is 4.98 Å². The van der Waals surface area contributed by atoms with Crippen molar-refractivity contribution in [2.24, 2.45) is 0 Å². The van der Waals surface area contributed by atoms with E-state index in [0.717, 1.165) is 5.69 Å². The minimum absolute atomic E-state index is 0.0454. The molecule has 0 bridgehead atoms. The van der Waals surface area contributed by atoms with Gasteiger partial charge in [-0.15, -0.1) is 0 Å². The maximum absolute atomic E-state index is 11.2. The lowest BCUT2D eigenvalue weighted by atomic mass is 10.2. The van der Waals surface area contributed by atoms with Crippen LogP contribution in [0.2, 0.25) is 5.02 Å². The number of aromatic carboxylic acids is 1. The molecule has 0 unspecified atom stereocenters. The fourth-order valence-corrected chi connectivity index (χ4v) is 2.01. The highest BCUT2D eigenvalue weighted by Crippen LogP contribution is 2.31. The molecule has 0 amide bonds. The zero-order valence-electron chi connectivity index (χ0n) is 10.5. The second kappa shape index (κ2) is 6.25. The van der Waals surface area contributed by atoms with Crippen LogP contribution in [0.15, 0.2) is 36.5 Å². The van der Waals surface area contributed by atoms with Crippen LogP contribution in [0.5, 0.6) is 5.75 Å². The van der Waals surface area contributed by atoms with Gasteiger partial charge in [0, 0.05) is 24.0 Å². The van der Waals surface area contributed by atoms with E-state index in [1.54, 1.807) is 6.20 Å². The van der Waals surface area contributed by atoms with E-state index in [1.807, 2.05) is 18.2 Å². The number of rotatable bonds is 5. The summed E-state index contributed by atoms with van der Waals surface area (Å²) >= 11 is 5.98. The molecule has 1 heterocycles. The summed E-state index contributed by atoms with van der Waals surface area (Å²) in [5.41, 5.74) is 6.67. The zero-order chi connectivity index (χ0) is 14.5. The first-order valence-corrected chi connectivity index (χ1v) is 6.30. The second-order valence-corrected chi connectivity index (χ2v) is 4.51. The van der Waals surface area contributed by atoms with Crippen molar-refractivity contribution < 1.29 is 14.6 Å². The number of anilines is 1. The van der Waals surface area contributed by atoms with Crippen LogP contribution in [0.25, 0.3) is 0 Å². The highest BCUT2D eigenvalue weighted by atomic mass is 35.5. The largest absolute Gasteiger partial charge is 0.491 e. The molecule has 5 nitrogen and oxygen atoms in total. The maximum atomic E-state index is 11.2. The number of ether oxygens (including phenoxy) is 1. The topological polar surface area (TPSA) is 85.4 Å². The van der Waals surface area contributed by atoms with Crippen LogP contribution in [0, 0.1) is 0 Å². The van der Waals surface area contributed by atoms with Crippen LogP contribution >= 0.6 is 11.6 Å². The molecule has 6 heteroatoms. The fourth-order valence-electron chi connectivity index (χ4n) is 1.72. The average Bonchev–Trinajstić information content (AvgIpc) is 2.41. The van der Waals surface area contributed by atoms with Crippen molar-refractivity contribution in [3.05, 3.63) is 52.8 Å². The van der Waals surface area contributed by atoms with Crippen LogP contribution in [-0.4, -0.2) is 22.7 Å². The molecule has 3 N–H and O–H groups in total. The molecule has 0 aliphatic rings. The van der Waals surface area contributed by atoms with Gasteiger partial charge in [0.1, 0.15) is 5.56 Å². The van der Waals surface area contributed by atoms with Crippen molar-refractivity contribution in [1.29, 1.82) is 0 Å². The summed E-state index contributed by atoms with van der Waals surface area (Å²) in [6.07, 6.45) is 2.24. The normalized spacial score (nSPS) is 10.2. The van der Waals surface area contributed by atoms with E-state index in [4.69, 9.17) is 27.2 Å². The number of carboxylic acid groups (broad SMARTS) is 1. The molecule has 0 saturated carbocycles. The second-order valence-electron chi connectivity index (χ2n) is 4.10. The molecule has 2 rings (SSSR count). The number of carboxylic acids is 1. The number of aromatic nitrogens is 1. The van der Waals surface area contributed by atoms with Gasteiger partial charge in [-0.3, -0.25) is 4.98 Å². The summed E-state index contributed by atoms with van der Waals surface area (Å²) < 4.78 is 5.48. The summed E-state index contributed by atoms with van der Waals surface area (Å²) in [7, 11) is 0. The molecule has 104 valence electrons. The Balaban J connectivity index is 2.11. The van der Waals surface area contributed by atoms with E-state index in [0.29, 0.717) is 6.42 Å². The summed E-state index contributed by atoms with van der Waals surface area (Å²) in [6.45, 7) is 0.279. The Bertz CT molecular complexity index is 617. The molecule has 0 atom stereocenters. The molecular weight excluding hydrogens is 280 g/mol. The van der Waals surface area contributed by atoms with Crippen LogP contribution in [-0.2, 0) is 6.42 Å². The van der Waals surface area contributed by atoms with Gasteiger partial charge in [-0.2, -0.15) is 0 Å². The number of hydrogen-bond donors (Lipinski definition) is 2. The van der Waals surface area contributed by atoms with Gasteiger partial charge < -0.3 is 15.6 Å². The van der Waals surface area contributed by atoms with Crippen molar-refractivity contribution in [3.8, 4) is 5.75 Å². The van der Waals surface area contributed by atoms with Crippen LogP contribution in [0.3, 0.4) is 0 Å². The van der Waals surface area contributed by atoms with Gasteiger partial charge in [0.05, 0.1) is 11.6 Å². The highest BCUT2D eigenvalue weighted by molar-refractivity contribution is 6.33. The first-order valence-electron chi connectivity index (χ1n) is 5.93. The van der Waals surface area contributed by atoms with Gasteiger partial charge in [-0.25, -0.2) is 4.79 Å². The summed E-state index contributed by atoms with van der Waals surface area (Å²) in [5.74, 6) is -1.00. The third-order valence-corrected chi connectivity index (χ3v) is 2.91. The Kier molecular flexibility index (Phi) is 4.42. The van der Waals surface area contributed by atoms with Crippen LogP contribution in [0.4, 0.5) is 5.69 Å². The fraction of sp³-hybridized carbons (Fsp3) is 0.143. The van der Waals surface area contributed by atoms with Gasteiger partial charge in [-0.05, 0) is 24.3 Å². The minimum Gasteiger partial charge on any atom is -0.491 e. The molecule has 0 saturated heterocycles. The number of carbonyl (C=O) groups is 1. The molecule has 0 radical (unpaired) electrons. The molecule has 0 aliphatic heterocycles. The van der Waals surface area contributed by atoms with Crippen molar-refractivity contribution in [3.63, 3.8) is 0 Å². The summed E-state index contributed by atoms with van der Waals surface area (Å²) in [4.78, 5) is 15.3. The maximum Gasteiger partial charge on any atom is 0.339 e. The summed E-state index contributed by atoms with van der Waals surface area (Å²) in [5, 5.41) is 9.31. The van der Waals surface area contributed by atoms with E-state index in [9.17, 15) is 4.79 Å². The quantitative estimate of drug-likeness (QED) is 0.828. The van der Waals surface area contributed by atoms with Crippen LogP contribution in [0.1, 0.15) is 16.1 Å². The first kappa shape index (κ1) is 14.1. The van der Waals surface area contributed by atoms with Gasteiger partial charge in [0.25, 0.3) is 0 Å². The lowest BCUT2D eigenvalue weighted by molar-refractivity contribution is 0.0692. The van der Waals surface area contributed by atoms with Crippen LogP contribution < -0.4 is 10.5 Å². The minimum atomic E-state index is -1.13. The molecule has 1 aromatic carbocycles. The van der Waals surface area contributed by atoms with E-state index in [2.05, 4.69) is 4.98 Å². The average molecular weight is 293 g/mol. The van der Waals surface area contributed by atoms with Gasteiger partial charge in [0.15, 0.2) is 5.75 Å². The number of pyridine rings is 1. The molecule has 0 aliphatic carbocycles. The zero-order valence-corrected chi connectivity index (χ0v) is 11.3. The third-order valence-electron chi connectivity index (χ3n) is 2.63. The Hall–Kier alpha value is -2.27. The van der Waals surface area contributed by atoms with Crippen molar-refractivity contribution in [2.75, 3.05) is 12.3 Å². The van der Waals surface area contributed by atoms with E-state index >= 15 is 0 Å². The number of nitrogens with two attached hydrogens (primary N) is 1. The highest BCUT2D eigenvalue weighted by Gasteiger charge is 2.16. The monoisotopic (exact) mass is 292 g/mol. The molecule has 20 heavy (non-hydrogen) atoms.